The van der Waals surface area contributed by atoms with Gasteiger partial charge in [-0.15, -0.1) is 0 Å². The van der Waals surface area contributed by atoms with Crippen LogP contribution in [0.3, 0.4) is 0 Å². The van der Waals surface area contributed by atoms with Gasteiger partial charge in [0.2, 0.25) is 0 Å². The maximum absolute atomic E-state index is 5.48. The molecule has 20 heavy (non-hydrogen) atoms. The lowest BCUT2D eigenvalue weighted by atomic mass is 10.0. The molecule has 0 saturated heterocycles. The highest BCUT2D eigenvalue weighted by Gasteiger charge is 2.07. The van der Waals surface area contributed by atoms with Crippen molar-refractivity contribution in [2.24, 2.45) is 4.99 Å². The molecule has 0 amide bonds. The lowest BCUT2D eigenvalue weighted by Gasteiger charge is -2.10. The highest BCUT2D eigenvalue weighted by atomic mass is 16.5. The minimum atomic E-state index is 0.826. The van der Waals surface area contributed by atoms with Gasteiger partial charge in [0.05, 0.1) is 13.7 Å². The van der Waals surface area contributed by atoms with Crippen LogP contribution in [0.1, 0.15) is 12.0 Å². The Kier molecular flexibility index (Phi) is 3.64. The van der Waals surface area contributed by atoms with E-state index >= 15 is 0 Å². The van der Waals surface area contributed by atoms with Crippen molar-refractivity contribution in [3.05, 3.63) is 59.7 Å². The maximum atomic E-state index is 5.48. The fourth-order valence-corrected chi connectivity index (χ4v) is 2.43. The lowest BCUT2D eigenvalue weighted by molar-refractivity contribution is 0.416. The van der Waals surface area contributed by atoms with Gasteiger partial charge in [0.1, 0.15) is 5.75 Å². The van der Waals surface area contributed by atoms with Gasteiger partial charge in [-0.25, -0.2) is 0 Å². The number of ether oxygens (including phenoxy) is 1. The summed E-state index contributed by atoms with van der Waals surface area (Å²) in [6.45, 7) is 0.826. The Hall–Kier alpha value is -2.35. The van der Waals surface area contributed by atoms with E-state index in [0.717, 1.165) is 24.3 Å². The third-order valence-corrected chi connectivity index (χ3v) is 3.46. The van der Waals surface area contributed by atoms with Gasteiger partial charge in [-0.3, -0.25) is 4.99 Å². The van der Waals surface area contributed by atoms with Crippen LogP contribution in [0.4, 0.5) is 0 Å². The highest BCUT2D eigenvalue weighted by Crippen LogP contribution is 2.31. The van der Waals surface area contributed by atoms with Crippen LogP contribution >= 0.6 is 0 Å². The first-order valence-corrected chi connectivity index (χ1v) is 6.78. The summed E-state index contributed by atoms with van der Waals surface area (Å²) < 4.78 is 5.48. The second-order valence-corrected chi connectivity index (χ2v) is 4.86. The summed E-state index contributed by atoms with van der Waals surface area (Å²) in [5, 5.41) is 0. The van der Waals surface area contributed by atoms with Crippen LogP contribution in [0.15, 0.2) is 59.1 Å². The first-order valence-electron chi connectivity index (χ1n) is 6.78. The van der Waals surface area contributed by atoms with Crippen molar-refractivity contribution in [3.8, 4) is 16.9 Å². The smallest absolute Gasteiger partial charge is 0.126 e. The van der Waals surface area contributed by atoms with Crippen LogP contribution in [-0.2, 0) is 0 Å². The Morgan fingerprint density at radius 3 is 2.65 bits per heavy atom. The summed E-state index contributed by atoms with van der Waals surface area (Å²) >= 11 is 0. The molecule has 1 aliphatic rings. The molecule has 1 aliphatic heterocycles. The molecule has 0 radical (unpaired) electrons. The van der Waals surface area contributed by atoms with Crippen molar-refractivity contribution in [2.45, 2.75) is 6.42 Å². The summed E-state index contributed by atoms with van der Waals surface area (Å²) in [4.78, 5) is 4.26. The number of hydrogen-bond donors (Lipinski definition) is 0. The Labute approximate surface area is 119 Å². The van der Waals surface area contributed by atoms with Gasteiger partial charge in [0.25, 0.3) is 0 Å². The number of nitrogens with zero attached hydrogens (tertiary/aromatic N) is 1. The van der Waals surface area contributed by atoms with Crippen LogP contribution in [0.25, 0.3) is 17.2 Å². The van der Waals surface area contributed by atoms with E-state index in [-0.39, 0.29) is 0 Å². The Balaban J connectivity index is 2.01. The second kappa shape index (κ2) is 5.74. The second-order valence-electron chi connectivity index (χ2n) is 4.86. The van der Waals surface area contributed by atoms with Crippen molar-refractivity contribution in [2.75, 3.05) is 13.7 Å². The zero-order valence-corrected chi connectivity index (χ0v) is 11.5. The molecule has 1 heterocycles. The standard InChI is InChI=1S/C18H17NO/c1-20-18-8-7-14(11-15-9-10-19-13-15)12-17(18)16-5-3-2-4-6-16/h2-8,10-12H,9,13H2,1H3. The van der Waals surface area contributed by atoms with Crippen molar-refractivity contribution in [1.82, 2.24) is 0 Å². The quantitative estimate of drug-likeness (QED) is 0.812. The summed E-state index contributed by atoms with van der Waals surface area (Å²) in [6, 6.07) is 16.6. The molecule has 2 nitrogen and oxygen atoms in total. The number of methoxy groups -OCH3 is 1. The van der Waals surface area contributed by atoms with E-state index in [4.69, 9.17) is 4.74 Å². The predicted molar refractivity (Wildman–Crippen MR) is 84.4 cm³/mol. The third kappa shape index (κ3) is 2.64. The molecular weight excluding hydrogens is 246 g/mol. The van der Waals surface area contributed by atoms with Gasteiger partial charge < -0.3 is 4.74 Å². The van der Waals surface area contributed by atoms with Gasteiger partial charge in [-0.1, -0.05) is 42.5 Å². The molecule has 2 aromatic carbocycles. The normalized spacial score (nSPS) is 15.8. The summed E-state index contributed by atoms with van der Waals surface area (Å²) in [5.41, 5.74) is 4.85. The lowest BCUT2D eigenvalue weighted by Crippen LogP contribution is -1.89. The predicted octanol–water partition coefficient (Wildman–Crippen LogP) is 4.22. The summed E-state index contributed by atoms with van der Waals surface area (Å²) in [6.07, 6.45) is 5.17. The average Bonchev–Trinajstić information content (AvgIpc) is 3.01. The molecule has 0 N–H and O–H groups in total. The van der Waals surface area contributed by atoms with E-state index in [1.54, 1.807) is 7.11 Å². The Morgan fingerprint density at radius 2 is 1.95 bits per heavy atom. The SMILES string of the molecule is COc1ccc(C=C2CC=NC2)cc1-c1ccccc1. The van der Waals surface area contributed by atoms with Crippen molar-refractivity contribution < 1.29 is 4.74 Å². The minimum Gasteiger partial charge on any atom is -0.496 e. The number of aliphatic imine (C=N–C) groups is 1. The molecule has 0 fully saturated rings. The maximum Gasteiger partial charge on any atom is 0.126 e. The van der Waals surface area contributed by atoms with E-state index in [0.29, 0.717) is 0 Å². The Morgan fingerprint density at radius 1 is 1.10 bits per heavy atom. The molecule has 0 aromatic heterocycles. The van der Waals surface area contributed by atoms with Gasteiger partial charge in [0, 0.05) is 18.2 Å². The first kappa shape index (κ1) is 12.7. The molecule has 0 aliphatic carbocycles. The summed E-state index contributed by atoms with van der Waals surface area (Å²) in [5.74, 6) is 0.904. The van der Waals surface area contributed by atoms with E-state index < -0.39 is 0 Å². The average molecular weight is 263 g/mol. The van der Waals surface area contributed by atoms with E-state index in [2.05, 4.69) is 35.3 Å². The number of hydrogen-bond acceptors (Lipinski definition) is 2. The molecule has 3 rings (SSSR count). The van der Waals surface area contributed by atoms with Gasteiger partial charge in [0.15, 0.2) is 0 Å². The topological polar surface area (TPSA) is 21.6 Å². The van der Waals surface area contributed by atoms with Crippen molar-refractivity contribution in [1.29, 1.82) is 0 Å². The minimum absolute atomic E-state index is 0.826. The fraction of sp³-hybridized carbons (Fsp3) is 0.167. The zero-order valence-electron chi connectivity index (χ0n) is 11.5. The van der Waals surface area contributed by atoms with Crippen LogP contribution in [0.2, 0.25) is 0 Å². The molecule has 2 heteroatoms. The van der Waals surface area contributed by atoms with Crippen LogP contribution in [-0.4, -0.2) is 19.9 Å². The summed E-state index contributed by atoms with van der Waals surface area (Å²) in [7, 11) is 1.71. The molecule has 0 atom stereocenters. The molecule has 0 spiro atoms. The third-order valence-electron chi connectivity index (χ3n) is 3.46. The largest absolute Gasteiger partial charge is 0.496 e. The van der Waals surface area contributed by atoms with E-state index in [1.807, 2.05) is 30.5 Å². The monoisotopic (exact) mass is 263 g/mol. The molecular formula is C18H17NO. The van der Waals surface area contributed by atoms with E-state index in [9.17, 15) is 0 Å². The highest BCUT2D eigenvalue weighted by molar-refractivity contribution is 5.75. The fourth-order valence-electron chi connectivity index (χ4n) is 2.43. The molecule has 100 valence electrons. The van der Waals surface area contributed by atoms with Crippen LogP contribution < -0.4 is 4.74 Å². The molecule has 0 saturated carbocycles. The van der Waals surface area contributed by atoms with Gasteiger partial charge >= 0.3 is 0 Å². The number of benzene rings is 2. The van der Waals surface area contributed by atoms with Crippen LogP contribution in [0.5, 0.6) is 5.75 Å². The van der Waals surface area contributed by atoms with E-state index in [1.165, 1.54) is 16.7 Å². The molecule has 0 unspecified atom stereocenters. The molecule has 2 aromatic rings. The first-order chi connectivity index (χ1) is 9.86. The number of rotatable bonds is 3. The van der Waals surface area contributed by atoms with Gasteiger partial charge in [-0.2, -0.15) is 0 Å². The van der Waals surface area contributed by atoms with Crippen molar-refractivity contribution >= 4 is 12.3 Å². The molecule has 0 bridgehead atoms. The van der Waals surface area contributed by atoms with Crippen LogP contribution in [0, 0.1) is 0 Å². The zero-order chi connectivity index (χ0) is 13.8. The Bertz CT molecular complexity index is 646. The van der Waals surface area contributed by atoms with Gasteiger partial charge in [-0.05, 0) is 28.8 Å². The van der Waals surface area contributed by atoms with Crippen molar-refractivity contribution in [3.63, 3.8) is 0 Å².